The van der Waals surface area contributed by atoms with Gasteiger partial charge in [0.1, 0.15) is 0 Å². The number of thiophene rings is 2. The van der Waals surface area contributed by atoms with E-state index in [0.717, 1.165) is 0 Å². The first-order valence-corrected chi connectivity index (χ1v) is 16.8. The van der Waals surface area contributed by atoms with Gasteiger partial charge >= 0.3 is 0 Å². The maximum absolute atomic E-state index is 2.40. The fraction of sp³-hybridized carbons (Fsp3) is 0. The molecule has 0 fully saturated rings. The normalized spacial score (nSPS) is 12.5. The third-order valence-corrected chi connectivity index (χ3v) is 11.6. The van der Waals surface area contributed by atoms with Crippen LogP contribution in [0.2, 0.25) is 0 Å². The lowest BCUT2D eigenvalue weighted by atomic mass is 9.91. The van der Waals surface area contributed by atoms with E-state index in [9.17, 15) is 0 Å². The summed E-state index contributed by atoms with van der Waals surface area (Å²) < 4.78 is 2.70. The minimum atomic E-state index is 1.29. The highest BCUT2D eigenvalue weighted by Crippen LogP contribution is 2.39. The topological polar surface area (TPSA) is 0 Å². The molecule has 0 saturated heterocycles. The predicted molar refractivity (Wildman–Crippen MR) is 197 cm³/mol. The molecule has 0 N–H and O–H groups in total. The zero-order valence-corrected chi connectivity index (χ0v) is 25.2. The molecule has 0 unspecified atom stereocenters. The fourth-order valence-electron chi connectivity index (χ4n) is 7.61. The summed E-state index contributed by atoms with van der Waals surface area (Å²) in [6.45, 7) is 0. The molecule has 0 amide bonds. The van der Waals surface area contributed by atoms with Crippen LogP contribution in [-0.4, -0.2) is 0 Å². The van der Waals surface area contributed by atoms with Gasteiger partial charge in [0.05, 0.1) is 0 Å². The van der Waals surface area contributed by atoms with Gasteiger partial charge in [0, 0.05) is 9.40 Å². The smallest absolute Gasteiger partial charge is 0.0349 e. The minimum Gasteiger partial charge on any atom is -0.144 e. The van der Waals surface area contributed by atoms with Gasteiger partial charge in [0.15, 0.2) is 0 Å². The van der Waals surface area contributed by atoms with Gasteiger partial charge in [-0.1, -0.05) is 36.4 Å². The van der Waals surface area contributed by atoms with Crippen LogP contribution in [0, 0.1) is 0 Å². The molecule has 9 aromatic carbocycles. The Hall–Kier alpha value is -5.02. The molecule has 0 saturated carbocycles. The average molecular weight is 591 g/mol. The Bertz CT molecular complexity index is 2840. The van der Waals surface area contributed by atoms with Crippen LogP contribution in [0.4, 0.5) is 0 Å². The molecule has 0 nitrogen and oxygen atoms in total. The van der Waals surface area contributed by atoms with Gasteiger partial charge in [-0.3, -0.25) is 0 Å². The second-order valence-corrected chi connectivity index (χ2v) is 14.1. The van der Waals surface area contributed by atoms with Crippen molar-refractivity contribution >= 4 is 129 Å². The Labute approximate surface area is 260 Å². The monoisotopic (exact) mass is 590 g/mol. The first kappa shape index (κ1) is 23.4. The Morgan fingerprint density at radius 1 is 0.227 bits per heavy atom. The zero-order valence-electron chi connectivity index (χ0n) is 23.5. The Morgan fingerprint density at radius 3 is 1.00 bits per heavy atom. The highest BCUT2D eigenvalue weighted by atomic mass is 32.1. The largest absolute Gasteiger partial charge is 0.144 e. The summed E-state index contributed by atoms with van der Waals surface area (Å²) in [6.07, 6.45) is 0. The van der Waals surface area contributed by atoms with E-state index in [1.54, 1.807) is 0 Å². The second kappa shape index (κ2) is 8.33. The van der Waals surface area contributed by atoms with E-state index < -0.39 is 0 Å². The molecule has 44 heavy (non-hydrogen) atoms. The number of benzene rings is 9. The van der Waals surface area contributed by atoms with Gasteiger partial charge in [0.25, 0.3) is 0 Å². The second-order valence-electron chi connectivity index (χ2n) is 12.2. The van der Waals surface area contributed by atoms with Crippen molar-refractivity contribution in [1.82, 2.24) is 0 Å². The van der Waals surface area contributed by atoms with Crippen LogP contribution in [0.1, 0.15) is 0 Å². The van der Waals surface area contributed by atoms with Gasteiger partial charge in [-0.2, -0.15) is 0 Å². The van der Waals surface area contributed by atoms with Crippen LogP contribution in [0.5, 0.6) is 0 Å². The lowest BCUT2D eigenvalue weighted by Crippen LogP contribution is -1.85. The van der Waals surface area contributed by atoms with Crippen molar-refractivity contribution in [3.63, 3.8) is 0 Å². The van der Waals surface area contributed by atoms with Crippen molar-refractivity contribution in [2.75, 3.05) is 0 Å². The standard InChI is InChI=1S/C42H22S2/c1-3-35-36-4-2-24-12-28-16-30-14-26-8-10-44-42(26)22-34(30)18-32(28)20-40(24)38(36)6-5-37(35)39-19-31-17-33-21-41-25(7-9-43-41)13-29(33)15-27(31)11-23(1)39/h1-22H. The van der Waals surface area contributed by atoms with Crippen molar-refractivity contribution in [2.45, 2.75) is 0 Å². The van der Waals surface area contributed by atoms with Crippen molar-refractivity contribution in [1.29, 1.82) is 0 Å². The van der Waals surface area contributed by atoms with Crippen LogP contribution in [-0.2, 0) is 0 Å². The van der Waals surface area contributed by atoms with Crippen molar-refractivity contribution in [3.05, 3.63) is 132 Å². The van der Waals surface area contributed by atoms with E-state index in [1.807, 2.05) is 22.7 Å². The molecule has 0 aliphatic rings. The van der Waals surface area contributed by atoms with Crippen molar-refractivity contribution in [3.8, 4) is 0 Å². The molecule has 11 aromatic rings. The fourth-order valence-corrected chi connectivity index (χ4v) is 9.25. The number of hydrogen-bond donors (Lipinski definition) is 0. The number of rotatable bonds is 0. The first-order valence-electron chi connectivity index (χ1n) is 15.0. The molecule has 0 aliphatic carbocycles. The van der Waals surface area contributed by atoms with Crippen molar-refractivity contribution in [2.24, 2.45) is 0 Å². The zero-order chi connectivity index (χ0) is 28.5. The van der Waals surface area contributed by atoms with Gasteiger partial charge in [-0.25, -0.2) is 0 Å². The predicted octanol–water partition coefficient (Wildman–Crippen LogP) is 13.3. The summed E-state index contributed by atoms with van der Waals surface area (Å²) in [6, 6.07) is 46.7. The molecule has 2 aromatic heterocycles. The van der Waals surface area contributed by atoms with Crippen LogP contribution < -0.4 is 0 Å². The maximum atomic E-state index is 2.40. The summed E-state index contributed by atoms with van der Waals surface area (Å²) in [5.41, 5.74) is 0. The Morgan fingerprint density at radius 2 is 0.545 bits per heavy atom. The molecule has 0 radical (unpaired) electrons. The van der Waals surface area contributed by atoms with Crippen LogP contribution in [0.15, 0.2) is 132 Å². The lowest BCUT2D eigenvalue weighted by molar-refractivity contribution is 1.82. The quantitative estimate of drug-likeness (QED) is 0.122. The van der Waals surface area contributed by atoms with Gasteiger partial charge in [0.2, 0.25) is 0 Å². The van der Waals surface area contributed by atoms with E-state index in [-0.39, 0.29) is 0 Å². The first-order chi connectivity index (χ1) is 21.7. The highest BCUT2D eigenvalue weighted by Gasteiger charge is 2.11. The van der Waals surface area contributed by atoms with Crippen molar-refractivity contribution < 1.29 is 0 Å². The van der Waals surface area contributed by atoms with E-state index >= 15 is 0 Å². The molecule has 0 aliphatic heterocycles. The molecule has 11 rings (SSSR count). The van der Waals surface area contributed by atoms with Crippen LogP contribution in [0.3, 0.4) is 0 Å². The average Bonchev–Trinajstić information content (AvgIpc) is 3.70. The Kier molecular flexibility index (Phi) is 4.44. The van der Waals surface area contributed by atoms with E-state index in [2.05, 4.69) is 132 Å². The summed E-state index contributed by atoms with van der Waals surface area (Å²) in [7, 11) is 0. The van der Waals surface area contributed by atoms with Gasteiger partial charge < -0.3 is 0 Å². The molecule has 202 valence electrons. The molecule has 2 heterocycles. The maximum Gasteiger partial charge on any atom is 0.0349 e. The molecule has 0 spiro atoms. The summed E-state index contributed by atoms with van der Waals surface area (Å²) in [5, 5.41) is 27.9. The van der Waals surface area contributed by atoms with Crippen LogP contribution in [0.25, 0.3) is 106 Å². The molecular weight excluding hydrogens is 569 g/mol. The van der Waals surface area contributed by atoms with Crippen LogP contribution >= 0.6 is 22.7 Å². The van der Waals surface area contributed by atoms with Gasteiger partial charge in [-0.15, -0.1) is 22.7 Å². The van der Waals surface area contributed by atoms with Gasteiger partial charge in [-0.05, 0) is 193 Å². The molecular formula is C42H22S2. The third kappa shape index (κ3) is 3.22. The SMILES string of the molecule is c1cc2cc3cc4cc5ccc6c(ccc7c8cc9cc%10cc%11sccc%11cc%10cc9cc8ccc76)c5cc4cc3cc2s1. The van der Waals surface area contributed by atoms with E-state index in [0.29, 0.717) is 0 Å². The minimum absolute atomic E-state index is 1.29. The summed E-state index contributed by atoms with van der Waals surface area (Å²) >= 11 is 3.63. The summed E-state index contributed by atoms with van der Waals surface area (Å²) in [4.78, 5) is 0. The number of hydrogen-bond acceptors (Lipinski definition) is 2. The highest BCUT2D eigenvalue weighted by molar-refractivity contribution is 7.17. The Balaban J connectivity index is 1.15. The number of fused-ring (bicyclic) bond motifs is 13. The van der Waals surface area contributed by atoms with E-state index in [4.69, 9.17) is 0 Å². The third-order valence-electron chi connectivity index (χ3n) is 9.80. The molecule has 2 heteroatoms. The lowest BCUT2D eigenvalue weighted by Gasteiger charge is -2.12. The van der Waals surface area contributed by atoms with E-state index in [1.165, 1.54) is 106 Å². The summed E-state index contributed by atoms with van der Waals surface area (Å²) in [5.74, 6) is 0. The molecule has 0 bridgehead atoms. The molecule has 0 atom stereocenters.